The van der Waals surface area contributed by atoms with Crippen molar-refractivity contribution in [3.05, 3.63) is 53.8 Å². The molecule has 2 amide bonds. The van der Waals surface area contributed by atoms with Crippen LogP contribution in [0.4, 0.5) is 10.1 Å². The van der Waals surface area contributed by atoms with Crippen LogP contribution in [0.5, 0.6) is 0 Å². The first-order valence-corrected chi connectivity index (χ1v) is 10.3. The van der Waals surface area contributed by atoms with Gasteiger partial charge in [-0.2, -0.15) is 5.26 Å². The molecule has 6 heteroatoms. The van der Waals surface area contributed by atoms with Crippen molar-refractivity contribution >= 4 is 17.5 Å². The summed E-state index contributed by atoms with van der Waals surface area (Å²) >= 11 is 0. The summed E-state index contributed by atoms with van der Waals surface area (Å²) in [5.74, 6) is -0.0624. The Labute approximate surface area is 175 Å². The van der Waals surface area contributed by atoms with Gasteiger partial charge < -0.3 is 9.80 Å². The minimum absolute atomic E-state index is 0.128. The highest BCUT2D eigenvalue weighted by molar-refractivity contribution is 5.93. The van der Waals surface area contributed by atoms with Crippen molar-refractivity contribution in [2.24, 2.45) is 11.8 Å². The van der Waals surface area contributed by atoms with Gasteiger partial charge in [0, 0.05) is 32.5 Å². The van der Waals surface area contributed by atoms with Crippen LogP contribution in [0.15, 0.2) is 42.5 Å². The lowest BCUT2D eigenvalue weighted by molar-refractivity contribution is -0.131. The Morgan fingerprint density at radius 3 is 2.47 bits per heavy atom. The average molecular weight is 405 g/mol. The van der Waals surface area contributed by atoms with E-state index < -0.39 is 5.82 Å². The molecule has 1 aliphatic carbocycles. The molecular formula is C24H24FN3O2. The van der Waals surface area contributed by atoms with Gasteiger partial charge >= 0.3 is 0 Å². The Hall–Kier alpha value is -3.20. The molecule has 30 heavy (non-hydrogen) atoms. The maximum atomic E-state index is 14.8. The van der Waals surface area contributed by atoms with Crippen LogP contribution in [-0.2, 0) is 9.59 Å². The summed E-state index contributed by atoms with van der Waals surface area (Å²) in [5.41, 5.74) is 2.28. The smallest absolute Gasteiger partial charge is 0.227 e. The number of amides is 2. The summed E-state index contributed by atoms with van der Waals surface area (Å²) in [7, 11) is 1.59. The third kappa shape index (κ3) is 4.20. The Morgan fingerprint density at radius 2 is 1.83 bits per heavy atom. The second-order valence-corrected chi connectivity index (χ2v) is 8.23. The SMILES string of the molecule is CN(C(=O)C[C@@H]1CCN(C(=O)C2CC2)C1)c1ccc(-c2ccc(C#N)cc2)cc1F. The van der Waals surface area contributed by atoms with Gasteiger partial charge in [0.25, 0.3) is 0 Å². The molecule has 1 heterocycles. The van der Waals surface area contributed by atoms with Crippen molar-refractivity contribution < 1.29 is 14.0 Å². The van der Waals surface area contributed by atoms with Crippen LogP contribution in [-0.4, -0.2) is 36.9 Å². The molecule has 0 bridgehead atoms. The quantitative estimate of drug-likeness (QED) is 0.756. The number of hydrogen-bond acceptors (Lipinski definition) is 3. The van der Waals surface area contributed by atoms with E-state index >= 15 is 0 Å². The van der Waals surface area contributed by atoms with Gasteiger partial charge in [-0.3, -0.25) is 9.59 Å². The van der Waals surface area contributed by atoms with Crippen LogP contribution in [0.1, 0.15) is 31.2 Å². The van der Waals surface area contributed by atoms with E-state index in [9.17, 15) is 14.0 Å². The van der Waals surface area contributed by atoms with Gasteiger partial charge in [-0.25, -0.2) is 4.39 Å². The number of likely N-dealkylation sites (tertiary alicyclic amines) is 1. The standard InChI is InChI=1S/C24H24FN3O2/c1-27(23(29)12-17-10-11-28(15-17)24(30)19-6-7-19)22-9-8-20(13-21(22)25)18-4-2-16(14-26)3-5-18/h2-5,8-9,13,17,19H,6-7,10-12,15H2,1H3/t17-/m0/s1. The summed E-state index contributed by atoms with van der Waals surface area (Å²) in [4.78, 5) is 28.2. The van der Waals surface area contributed by atoms with Crippen molar-refractivity contribution in [1.82, 2.24) is 4.90 Å². The summed E-state index contributed by atoms with van der Waals surface area (Å²) in [6.45, 7) is 1.33. The fourth-order valence-corrected chi connectivity index (χ4v) is 4.00. The highest BCUT2D eigenvalue weighted by Crippen LogP contribution is 2.34. The maximum Gasteiger partial charge on any atom is 0.227 e. The van der Waals surface area contributed by atoms with Gasteiger partial charge in [0.05, 0.1) is 17.3 Å². The van der Waals surface area contributed by atoms with Crippen molar-refractivity contribution in [3.63, 3.8) is 0 Å². The topological polar surface area (TPSA) is 64.4 Å². The van der Waals surface area contributed by atoms with Gasteiger partial charge in [0.1, 0.15) is 5.82 Å². The van der Waals surface area contributed by atoms with Gasteiger partial charge in [0.2, 0.25) is 11.8 Å². The molecule has 4 rings (SSSR count). The molecular weight excluding hydrogens is 381 g/mol. The Balaban J connectivity index is 1.40. The number of nitriles is 1. The van der Waals surface area contributed by atoms with E-state index in [1.54, 1.807) is 43.4 Å². The van der Waals surface area contributed by atoms with Crippen molar-refractivity contribution in [1.29, 1.82) is 5.26 Å². The number of rotatable bonds is 5. The van der Waals surface area contributed by atoms with Crippen LogP contribution in [0.2, 0.25) is 0 Å². The molecule has 2 aromatic rings. The number of hydrogen-bond donors (Lipinski definition) is 0. The molecule has 154 valence electrons. The average Bonchev–Trinajstić information content (AvgIpc) is 3.51. The van der Waals surface area contributed by atoms with Crippen molar-refractivity contribution in [3.8, 4) is 17.2 Å². The molecule has 1 aliphatic heterocycles. The van der Waals surface area contributed by atoms with Crippen molar-refractivity contribution in [2.75, 3.05) is 25.0 Å². The Morgan fingerprint density at radius 1 is 1.13 bits per heavy atom. The molecule has 0 radical (unpaired) electrons. The number of carbonyl (C=O) groups is 2. The number of nitrogens with zero attached hydrogens (tertiary/aromatic N) is 3. The molecule has 0 N–H and O–H groups in total. The van der Waals surface area contributed by atoms with Crippen LogP contribution >= 0.6 is 0 Å². The highest BCUT2D eigenvalue weighted by Gasteiger charge is 2.37. The third-order valence-corrected chi connectivity index (χ3v) is 6.02. The zero-order chi connectivity index (χ0) is 21.3. The largest absolute Gasteiger partial charge is 0.342 e. The summed E-state index contributed by atoms with van der Waals surface area (Å²) in [6, 6.07) is 13.8. The summed E-state index contributed by atoms with van der Waals surface area (Å²) < 4.78 is 14.8. The van der Waals surface area contributed by atoms with E-state index in [0.717, 1.165) is 24.8 Å². The predicted octanol–water partition coefficient (Wildman–Crippen LogP) is 3.98. The Kier molecular flexibility index (Phi) is 5.54. The lowest BCUT2D eigenvalue weighted by Gasteiger charge is -2.21. The van der Waals surface area contributed by atoms with Crippen LogP contribution in [0, 0.1) is 29.0 Å². The first-order valence-electron chi connectivity index (χ1n) is 10.3. The molecule has 5 nitrogen and oxygen atoms in total. The normalized spacial score (nSPS) is 18.2. The maximum absolute atomic E-state index is 14.8. The van der Waals surface area contributed by atoms with Gasteiger partial charge in [-0.1, -0.05) is 18.2 Å². The van der Waals surface area contributed by atoms with Crippen LogP contribution < -0.4 is 4.90 Å². The van der Waals surface area contributed by atoms with Crippen LogP contribution in [0.25, 0.3) is 11.1 Å². The van der Waals surface area contributed by atoms with E-state index in [4.69, 9.17) is 5.26 Å². The summed E-state index contributed by atoms with van der Waals surface area (Å²) in [5, 5.41) is 8.90. The number of carbonyl (C=O) groups excluding carboxylic acids is 2. The second kappa shape index (κ2) is 8.27. The van der Waals surface area contributed by atoms with Gasteiger partial charge in [-0.05, 0) is 60.6 Å². The van der Waals surface area contributed by atoms with Gasteiger partial charge in [0.15, 0.2) is 0 Å². The molecule has 2 aliphatic rings. The molecule has 1 atom stereocenters. The lowest BCUT2D eigenvalue weighted by atomic mass is 10.0. The van der Waals surface area contributed by atoms with E-state index in [2.05, 4.69) is 6.07 Å². The zero-order valence-corrected chi connectivity index (χ0v) is 17.0. The molecule has 2 fully saturated rings. The molecule has 1 saturated carbocycles. The minimum Gasteiger partial charge on any atom is -0.342 e. The zero-order valence-electron chi connectivity index (χ0n) is 17.0. The number of halogens is 1. The first kappa shape index (κ1) is 20.1. The monoisotopic (exact) mass is 405 g/mol. The predicted molar refractivity (Wildman–Crippen MR) is 112 cm³/mol. The van der Waals surface area contributed by atoms with E-state index in [1.807, 2.05) is 4.90 Å². The summed E-state index contributed by atoms with van der Waals surface area (Å²) in [6.07, 6.45) is 3.10. The molecule has 0 spiro atoms. The Bertz CT molecular complexity index is 1010. The van der Waals surface area contributed by atoms with Crippen LogP contribution in [0.3, 0.4) is 0 Å². The number of anilines is 1. The molecule has 0 aromatic heterocycles. The van der Waals surface area contributed by atoms with E-state index in [1.165, 1.54) is 11.0 Å². The minimum atomic E-state index is -0.468. The lowest BCUT2D eigenvalue weighted by Crippen LogP contribution is -2.32. The second-order valence-electron chi connectivity index (χ2n) is 8.23. The number of benzene rings is 2. The molecule has 0 unspecified atom stereocenters. The fourth-order valence-electron chi connectivity index (χ4n) is 4.00. The highest BCUT2D eigenvalue weighted by atomic mass is 19.1. The first-order chi connectivity index (χ1) is 14.5. The van der Waals surface area contributed by atoms with Gasteiger partial charge in [-0.15, -0.1) is 0 Å². The third-order valence-electron chi connectivity index (χ3n) is 6.02. The van der Waals surface area contributed by atoms with Crippen molar-refractivity contribution in [2.45, 2.75) is 25.7 Å². The molecule has 1 saturated heterocycles. The van der Waals surface area contributed by atoms with E-state index in [0.29, 0.717) is 30.6 Å². The molecule has 2 aromatic carbocycles. The van der Waals surface area contributed by atoms with E-state index in [-0.39, 0.29) is 29.3 Å². The fraction of sp³-hybridized carbons (Fsp3) is 0.375.